The van der Waals surface area contributed by atoms with Gasteiger partial charge in [-0.15, -0.1) is 0 Å². The summed E-state index contributed by atoms with van der Waals surface area (Å²) in [6.45, 7) is 4.61. The van der Waals surface area contributed by atoms with Gasteiger partial charge in [0.25, 0.3) is 0 Å². The van der Waals surface area contributed by atoms with Crippen LogP contribution in [-0.4, -0.2) is 58.5 Å². The molecule has 35 heavy (non-hydrogen) atoms. The van der Waals surface area contributed by atoms with Crippen molar-refractivity contribution in [3.63, 3.8) is 0 Å². The molecule has 2 aromatic carbocycles. The zero-order valence-corrected chi connectivity index (χ0v) is 20.2. The number of carboxylic acid groups (broad SMARTS) is 1. The number of aryl methyl sites for hydroxylation is 1. The number of nitrogens with zero attached hydrogens (tertiary/aromatic N) is 3. The van der Waals surface area contributed by atoms with Crippen molar-refractivity contribution in [3.05, 3.63) is 64.5 Å². The number of methoxy groups -OCH3 is 1. The number of rotatable bonds is 5. The molecule has 8 nitrogen and oxygen atoms in total. The van der Waals surface area contributed by atoms with E-state index in [-0.39, 0.29) is 18.6 Å². The van der Waals surface area contributed by atoms with Crippen LogP contribution in [0.4, 0.5) is 4.79 Å². The van der Waals surface area contributed by atoms with Gasteiger partial charge in [-0.1, -0.05) is 35.9 Å². The Kier molecular flexibility index (Phi) is 6.47. The first-order chi connectivity index (χ1) is 17.0. The fourth-order valence-electron chi connectivity index (χ4n) is 5.28. The van der Waals surface area contributed by atoms with Crippen molar-refractivity contribution >= 4 is 23.1 Å². The van der Waals surface area contributed by atoms with E-state index in [2.05, 4.69) is 16.7 Å². The van der Waals surface area contributed by atoms with Crippen LogP contribution < -0.4 is 0 Å². The number of amides is 1. The van der Waals surface area contributed by atoms with E-state index >= 15 is 0 Å². The third kappa shape index (κ3) is 4.50. The van der Waals surface area contributed by atoms with Gasteiger partial charge in [0.2, 0.25) is 0 Å². The lowest BCUT2D eigenvalue weighted by atomic mass is 9.96. The molecule has 0 spiro atoms. The molecule has 0 unspecified atom stereocenters. The second-order valence-corrected chi connectivity index (χ2v) is 9.51. The van der Waals surface area contributed by atoms with Gasteiger partial charge in [-0.05, 0) is 43.4 Å². The molecule has 8 heteroatoms. The number of hydrogen-bond donors (Lipinski definition) is 1. The number of aliphatic carboxylic acids is 1. The van der Waals surface area contributed by atoms with Gasteiger partial charge < -0.3 is 24.0 Å². The maximum atomic E-state index is 12.4. The van der Waals surface area contributed by atoms with Gasteiger partial charge in [0, 0.05) is 31.2 Å². The highest BCUT2D eigenvalue weighted by Crippen LogP contribution is 2.34. The smallest absolute Gasteiger partial charge is 0.409 e. The van der Waals surface area contributed by atoms with Crippen LogP contribution in [0, 0.1) is 6.92 Å². The molecule has 1 N–H and O–H groups in total. The molecule has 0 aliphatic carbocycles. The summed E-state index contributed by atoms with van der Waals surface area (Å²) in [5.41, 5.74) is 5.78. The minimum atomic E-state index is -0.864. The largest absolute Gasteiger partial charge is 0.481 e. The number of carboxylic acids is 1. The highest BCUT2D eigenvalue weighted by molar-refractivity contribution is 5.83. The van der Waals surface area contributed by atoms with Crippen LogP contribution in [-0.2, 0) is 33.8 Å². The molecule has 1 aromatic heterocycles. The first-order valence-electron chi connectivity index (χ1n) is 12.2. The zero-order valence-electron chi connectivity index (χ0n) is 20.2. The number of carbonyl (C=O) groups excluding carboxylic acids is 1. The van der Waals surface area contributed by atoms with Crippen molar-refractivity contribution < 1.29 is 24.2 Å². The van der Waals surface area contributed by atoms with E-state index in [1.807, 2.05) is 31.2 Å². The molecule has 1 saturated heterocycles. The normalized spacial score (nSPS) is 18.8. The Hall–Kier alpha value is -3.39. The Bertz CT molecular complexity index is 1240. The van der Waals surface area contributed by atoms with E-state index in [0.717, 1.165) is 59.4 Å². The summed E-state index contributed by atoms with van der Waals surface area (Å²) in [6.07, 6.45) is 2.28. The maximum Gasteiger partial charge on any atom is 0.409 e. The average molecular weight is 478 g/mol. The van der Waals surface area contributed by atoms with Crippen molar-refractivity contribution in [3.8, 4) is 0 Å². The lowest BCUT2D eigenvalue weighted by Crippen LogP contribution is -2.35. The first kappa shape index (κ1) is 23.4. The van der Waals surface area contributed by atoms with Crippen LogP contribution in [0.3, 0.4) is 0 Å². The monoisotopic (exact) mass is 477 g/mol. The number of fused-ring (bicyclic) bond motifs is 3. The highest BCUT2D eigenvalue weighted by atomic mass is 16.5. The predicted octanol–water partition coefficient (Wildman–Crippen LogP) is 4.23. The Balaban J connectivity index is 1.61. The Morgan fingerprint density at radius 3 is 2.71 bits per heavy atom. The van der Waals surface area contributed by atoms with Crippen LogP contribution >= 0.6 is 0 Å². The van der Waals surface area contributed by atoms with Gasteiger partial charge >= 0.3 is 12.1 Å². The van der Waals surface area contributed by atoms with Gasteiger partial charge in [0.15, 0.2) is 0 Å². The van der Waals surface area contributed by atoms with E-state index in [1.54, 1.807) is 4.90 Å². The van der Waals surface area contributed by atoms with Gasteiger partial charge in [-0.25, -0.2) is 9.78 Å². The summed E-state index contributed by atoms with van der Waals surface area (Å²) in [4.78, 5) is 31.4. The lowest BCUT2D eigenvalue weighted by molar-refractivity contribution is -0.139. The van der Waals surface area contributed by atoms with Crippen LogP contribution in [0.25, 0.3) is 11.0 Å². The topological polar surface area (TPSA) is 93.9 Å². The van der Waals surface area contributed by atoms with Crippen LogP contribution in [0.2, 0.25) is 0 Å². The summed E-state index contributed by atoms with van der Waals surface area (Å²) in [5.74, 6) is -0.614. The molecule has 2 atom stereocenters. The third-order valence-electron chi connectivity index (χ3n) is 7.25. The van der Waals surface area contributed by atoms with Crippen molar-refractivity contribution in [1.82, 2.24) is 14.5 Å². The molecule has 0 bridgehead atoms. The number of imidazole rings is 1. The Morgan fingerprint density at radius 1 is 1.23 bits per heavy atom. The number of hydrogen-bond acceptors (Lipinski definition) is 5. The molecule has 2 aliphatic heterocycles. The maximum absolute atomic E-state index is 12.4. The Labute approximate surface area is 204 Å². The fourth-order valence-corrected chi connectivity index (χ4v) is 5.28. The van der Waals surface area contributed by atoms with Gasteiger partial charge in [0.05, 0.1) is 37.2 Å². The number of aromatic nitrogens is 2. The van der Waals surface area contributed by atoms with Crippen LogP contribution in [0.15, 0.2) is 36.4 Å². The average Bonchev–Trinajstić information content (AvgIpc) is 3.26. The molecular formula is C27H31N3O5. The SMILES string of the molecule is COC(=O)N1CCc2ccc3c(nc([C@H]4CCCOC4)n3C[C@@H](C(=O)O)c3ccc(C)cc3)c2C1. The molecule has 0 radical (unpaired) electrons. The highest BCUT2D eigenvalue weighted by Gasteiger charge is 2.30. The van der Waals surface area contributed by atoms with Crippen molar-refractivity contribution in [2.45, 2.75) is 51.1 Å². The summed E-state index contributed by atoms with van der Waals surface area (Å²) in [7, 11) is 1.39. The zero-order chi connectivity index (χ0) is 24.5. The quantitative estimate of drug-likeness (QED) is 0.591. The van der Waals surface area contributed by atoms with E-state index in [0.29, 0.717) is 19.7 Å². The standard InChI is InChI=1S/C27H31N3O5/c1-17-5-7-18(8-6-17)22(26(31)32)15-30-23-10-9-19-11-12-29(27(33)34-2)14-21(19)24(23)28-25(30)20-4-3-13-35-16-20/h5-10,20,22H,3-4,11-16H2,1-2H3,(H,31,32)/t20-,22+/m0/s1. The second kappa shape index (κ2) is 9.70. The van der Waals surface area contributed by atoms with Crippen molar-refractivity contribution in [2.24, 2.45) is 0 Å². The molecule has 3 heterocycles. The number of ether oxygens (including phenoxy) is 2. The molecule has 0 saturated carbocycles. The minimum absolute atomic E-state index is 0.0968. The summed E-state index contributed by atoms with van der Waals surface area (Å²) >= 11 is 0. The van der Waals surface area contributed by atoms with E-state index in [9.17, 15) is 14.7 Å². The van der Waals surface area contributed by atoms with Crippen molar-refractivity contribution in [2.75, 3.05) is 26.9 Å². The van der Waals surface area contributed by atoms with E-state index in [1.165, 1.54) is 12.7 Å². The van der Waals surface area contributed by atoms with E-state index < -0.39 is 11.9 Å². The third-order valence-corrected chi connectivity index (χ3v) is 7.25. The van der Waals surface area contributed by atoms with Gasteiger partial charge in [-0.2, -0.15) is 0 Å². The molecular weight excluding hydrogens is 446 g/mol. The molecule has 1 fully saturated rings. The lowest BCUT2D eigenvalue weighted by Gasteiger charge is -2.27. The van der Waals surface area contributed by atoms with Gasteiger partial charge in [0.1, 0.15) is 5.82 Å². The minimum Gasteiger partial charge on any atom is -0.481 e. The second-order valence-electron chi connectivity index (χ2n) is 9.51. The number of carbonyl (C=O) groups is 2. The van der Waals surface area contributed by atoms with Gasteiger partial charge in [-0.3, -0.25) is 4.79 Å². The number of benzene rings is 2. The molecule has 184 valence electrons. The van der Waals surface area contributed by atoms with Crippen LogP contribution in [0.5, 0.6) is 0 Å². The molecule has 3 aromatic rings. The van der Waals surface area contributed by atoms with Crippen LogP contribution in [0.1, 0.15) is 52.8 Å². The summed E-state index contributed by atoms with van der Waals surface area (Å²) in [6, 6.07) is 11.8. The molecule has 1 amide bonds. The van der Waals surface area contributed by atoms with Crippen molar-refractivity contribution in [1.29, 1.82) is 0 Å². The predicted molar refractivity (Wildman–Crippen MR) is 131 cm³/mol. The Morgan fingerprint density at radius 2 is 2.03 bits per heavy atom. The fraction of sp³-hybridized carbons (Fsp3) is 0.444. The summed E-state index contributed by atoms with van der Waals surface area (Å²) in [5, 5.41) is 10.2. The summed E-state index contributed by atoms with van der Waals surface area (Å²) < 4.78 is 12.8. The first-order valence-corrected chi connectivity index (χ1v) is 12.2. The molecule has 2 aliphatic rings. The van der Waals surface area contributed by atoms with E-state index in [4.69, 9.17) is 14.5 Å². The molecule has 5 rings (SSSR count).